The summed E-state index contributed by atoms with van der Waals surface area (Å²) in [5.74, 6) is 1.72. The first-order valence-electron chi connectivity index (χ1n) is 8.78. The van der Waals surface area contributed by atoms with Crippen molar-refractivity contribution in [3.8, 4) is 11.6 Å². The van der Waals surface area contributed by atoms with Gasteiger partial charge in [-0.15, -0.1) is 10.2 Å². The Morgan fingerprint density at radius 2 is 2.20 bits per heavy atom. The van der Waals surface area contributed by atoms with Crippen molar-refractivity contribution < 1.29 is 13.9 Å². The van der Waals surface area contributed by atoms with Crippen molar-refractivity contribution in [2.75, 3.05) is 19.7 Å². The Kier molecular flexibility index (Phi) is 3.10. The quantitative estimate of drug-likeness (QED) is 0.826. The van der Waals surface area contributed by atoms with Gasteiger partial charge in [0.15, 0.2) is 0 Å². The third-order valence-electron chi connectivity index (χ3n) is 5.63. The van der Waals surface area contributed by atoms with Crippen LogP contribution in [0.25, 0.3) is 11.6 Å². The van der Waals surface area contributed by atoms with E-state index in [1.807, 2.05) is 22.7 Å². The van der Waals surface area contributed by atoms with E-state index in [1.165, 1.54) is 0 Å². The van der Waals surface area contributed by atoms with E-state index in [1.54, 1.807) is 6.33 Å². The molecule has 5 rings (SSSR count). The van der Waals surface area contributed by atoms with Crippen molar-refractivity contribution in [2.24, 2.45) is 18.9 Å². The Morgan fingerprint density at radius 3 is 2.88 bits per heavy atom. The third kappa shape index (κ3) is 2.31. The van der Waals surface area contributed by atoms with Gasteiger partial charge in [-0.05, 0) is 19.8 Å². The van der Waals surface area contributed by atoms with Crippen LogP contribution >= 0.6 is 0 Å². The second-order valence-electron chi connectivity index (χ2n) is 7.76. The highest BCUT2D eigenvalue weighted by atomic mass is 16.5. The Morgan fingerprint density at radius 1 is 1.36 bits per heavy atom. The van der Waals surface area contributed by atoms with Gasteiger partial charge in [0.25, 0.3) is 5.89 Å². The normalized spacial score (nSPS) is 29.8. The summed E-state index contributed by atoms with van der Waals surface area (Å²) in [6, 6.07) is 0. The number of rotatable bonds is 3. The summed E-state index contributed by atoms with van der Waals surface area (Å²) in [7, 11) is 1.89. The Labute approximate surface area is 145 Å². The van der Waals surface area contributed by atoms with Crippen LogP contribution in [0.15, 0.2) is 16.9 Å². The van der Waals surface area contributed by atoms with Gasteiger partial charge in [0, 0.05) is 38.9 Å². The number of fused-ring (bicyclic) bond motifs is 1. The lowest BCUT2D eigenvalue weighted by Crippen LogP contribution is -2.60. The molecule has 3 aliphatic rings. The molecule has 2 saturated heterocycles. The zero-order chi connectivity index (χ0) is 17.2. The van der Waals surface area contributed by atoms with Crippen molar-refractivity contribution >= 4 is 5.91 Å². The lowest BCUT2D eigenvalue weighted by atomic mass is 9.81. The van der Waals surface area contributed by atoms with Crippen LogP contribution in [0.1, 0.15) is 25.7 Å². The number of carbonyl (C=O) groups excluding carboxylic acids is 1. The highest BCUT2D eigenvalue weighted by molar-refractivity contribution is 5.84. The molecule has 2 aliphatic heterocycles. The van der Waals surface area contributed by atoms with E-state index in [4.69, 9.17) is 9.15 Å². The number of amides is 1. The predicted molar refractivity (Wildman–Crippen MR) is 86.4 cm³/mol. The number of hydrogen-bond acceptors (Lipinski definition) is 6. The Bertz CT molecular complexity index is 810. The molecule has 132 valence electrons. The van der Waals surface area contributed by atoms with Gasteiger partial charge in [-0.2, -0.15) is 0 Å². The fourth-order valence-electron chi connectivity index (χ4n) is 4.17. The van der Waals surface area contributed by atoms with Crippen molar-refractivity contribution in [3.63, 3.8) is 0 Å². The van der Waals surface area contributed by atoms with Crippen LogP contribution < -0.4 is 0 Å². The van der Waals surface area contributed by atoms with E-state index in [9.17, 15) is 4.79 Å². The number of hydrogen-bond donors (Lipinski definition) is 0. The first kappa shape index (κ1) is 15.1. The van der Waals surface area contributed by atoms with Gasteiger partial charge in [-0.25, -0.2) is 4.98 Å². The molecule has 0 aromatic carbocycles. The molecular formula is C17H21N5O3. The van der Waals surface area contributed by atoms with Gasteiger partial charge < -0.3 is 18.6 Å². The number of carbonyl (C=O) groups is 1. The number of likely N-dealkylation sites (tertiary alicyclic amines) is 1. The third-order valence-corrected chi connectivity index (χ3v) is 5.63. The van der Waals surface area contributed by atoms with Gasteiger partial charge >= 0.3 is 0 Å². The molecule has 1 saturated carbocycles. The molecule has 0 spiro atoms. The summed E-state index contributed by atoms with van der Waals surface area (Å²) < 4.78 is 13.4. The largest absolute Gasteiger partial charge is 0.418 e. The molecule has 4 heterocycles. The minimum atomic E-state index is -0.281. The Balaban J connectivity index is 1.26. The van der Waals surface area contributed by atoms with Crippen molar-refractivity contribution in [1.29, 1.82) is 0 Å². The first-order chi connectivity index (χ1) is 12.0. The molecule has 3 unspecified atom stereocenters. The van der Waals surface area contributed by atoms with Gasteiger partial charge in [0.05, 0.1) is 23.8 Å². The molecule has 8 nitrogen and oxygen atoms in total. The molecule has 3 atom stereocenters. The fourth-order valence-corrected chi connectivity index (χ4v) is 4.17. The van der Waals surface area contributed by atoms with Crippen molar-refractivity contribution in [1.82, 2.24) is 24.6 Å². The van der Waals surface area contributed by atoms with Crippen LogP contribution in [0.5, 0.6) is 0 Å². The van der Waals surface area contributed by atoms with Crippen LogP contribution in [0, 0.1) is 11.8 Å². The molecule has 2 aromatic heterocycles. The smallest absolute Gasteiger partial charge is 0.267 e. The van der Waals surface area contributed by atoms with Crippen LogP contribution in [0.2, 0.25) is 0 Å². The average molecular weight is 343 g/mol. The molecule has 0 N–H and O–H groups in total. The highest BCUT2D eigenvalue weighted by Crippen LogP contribution is 2.50. The molecule has 3 fully saturated rings. The van der Waals surface area contributed by atoms with E-state index in [0.717, 1.165) is 19.4 Å². The lowest BCUT2D eigenvalue weighted by Gasteiger charge is -2.45. The van der Waals surface area contributed by atoms with Crippen molar-refractivity contribution in [2.45, 2.75) is 31.3 Å². The van der Waals surface area contributed by atoms with Crippen molar-refractivity contribution in [3.05, 3.63) is 18.4 Å². The standard InChI is InChI=1S/C17H21N5O3/c1-17(16-20-19-14(25-16)11-6-21(2)9-18-11)7-22(8-17)15(23)12-10-4-3-5-24-13(10)12/h6,9-10,12-13H,3-5,7-8H2,1-2H3. The summed E-state index contributed by atoms with van der Waals surface area (Å²) in [6.07, 6.45) is 5.88. The van der Waals surface area contributed by atoms with Gasteiger partial charge in [-0.3, -0.25) is 4.79 Å². The van der Waals surface area contributed by atoms with Gasteiger partial charge in [-0.1, -0.05) is 0 Å². The molecule has 1 amide bonds. The van der Waals surface area contributed by atoms with E-state index >= 15 is 0 Å². The molecule has 0 bridgehead atoms. The minimum Gasteiger partial charge on any atom is -0.418 e. The molecule has 25 heavy (non-hydrogen) atoms. The molecule has 1 aliphatic carbocycles. The number of aromatic nitrogens is 4. The number of aryl methyl sites for hydroxylation is 1. The summed E-state index contributed by atoms with van der Waals surface area (Å²) in [5.41, 5.74) is 0.382. The summed E-state index contributed by atoms with van der Waals surface area (Å²) in [6.45, 7) is 4.08. The SMILES string of the molecule is Cn1cnc(-c2nnc(C3(C)CN(C(=O)C4C5CCCOC54)C3)o2)c1. The number of imidazole rings is 1. The second kappa shape index (κ2) is 5.14. The maximum atomic E-state index is 12.7. The van der Waals surface area contributed by atoms with E-state index < -0.39 is 0 Å². The van der Waals surface area contributed by atoms with Gasteiger partial charge in [0.2, 0.25) is 11.8 Å². The number of ether oxygens (including phenoxy) is 1. The first-order valence-corrected chi connectivity index (χ1v) is 8.78. The molecule has 8 heteroatoms. The van der Waals surface area contributed by atoms with Crippen LogP contribution in [0.4, 0.5) is 0 Å². The minimum absolute atomic E-state index is 0.0683. The van der Waals surface area contributed by atoms with Crippen LogP contribution in [0.3, 0.4) is 0 Å². The molecule has 0 radical (unpaired) electrons. The van der Waals surface area contributed by atoms with E-state index in [-0.39, 0.29) is 23.3 Å². The molecular weight excluding hydrogens is 322 g/mol. The molecule has 2 aromatic rings. The van der Waals surface area contributed by atoms with Gasteiger partial charge in [0.1, 0.15) is 5.69 Å². The highest BCUT2D eigenvalue weighted by Gasteiger charge is 2.60. The topological polar surface area (TPSA) is 86.3 Å². The maximum absolute atomic E-state index is 12.7. The maximum Gasteiger partial charge on any atom is 0.267 e. The van der Waals surface area contributed by atoms with Crippen LogP contribution in [-0.2, 0) is 22.0 Å². The van der Waals surface area contributed by atoms with E-state index in [2.05, 4.69) is 22.1 Å². The predicted octanol–water partition coefficient (Wildman–Crippen LogP) is 0.995. The fraction of sp³-hybridized carbons (Fsp3) is 0.647. The van der Waals surface area contributed by atoms with Crippen LogP contribution in [-0.4, -0.2) is 56.4 Å². The monoisotopic (exact) mass is 343 g/mol. The summed E-state index contributed by atoms with van der Waals surface area (Å²) >= 11 is 0. The Hall–Kier alpha value is -2.22. The lowest BCUT2D eigenvalue weighted by molar-refractivity contribution is -0.141. The number of nitrogens with zero attached hydrogens (tertiary/aromatic N) is 5. The zero-order valence-corrected chi connectivity index (χ0v) is 14.4. The average Bonchev–Trinajstić information content (AvgIpc) is 2.91. The summed E-state index contributed by atoms with van der Waals surface area (Å²) in [5, 5.41) is 8.30. The van der Waals surface area contributed by atoms with E-state index in [0.29, 0.717) is 36.5 Å². The summed E-state index contributed by atoms with van der Waals surface area (Å²) in [4.78, 5) is 18.8. The second-order valence-corrected chi connectivity index (χ2v) is 7.76. The zero-order valence-electron chi connectivity index (χ0n) is 14.4.